The molecule has 0 bridgehead atoms. The summed E-state index contributed by atoms with van der Waals surface area (Å²) in [7, 11) is 3.23. The lowest BCUT2D eigenvalue weighted by atomic mass is 10.2. The Morgan fingerprint density at radius 2 is 1.08 bits per heavy atom. The van der Waals surface area contributed by atoms with Crippen molar-refractivity contribution in [3.8, 4) is 0 Å². The van der Waals surface area contributed by atoms with Crippen molar-refractivity contribution >= 4 is 21.6 Å². The van der Waals surface area contributed by atoms with Gasteiger partial charge in [0.2, 0.25) is 0 Å². The highest BCUT2D eigenvalue weighted by Gasteiger charge is 2.24. The monoisotopic (exact) mass is 210 g/mol. The van der Waals surface area contributed by atoms with Gasteiger partial charge in [-0.25, -0.2) is 0 Å². The third-order valence-electron chi connectivity index (χ3n) is 1.25. The predicted molar refractivity (Wildman–Crippen MR) is 57.5 cm³/mol. The second kappa shape index (κ2) is 4.74. The van der Waals surface area contributed by atoms with Gasteiger partial charge in [-0.05, 0) is 27.7 Å². The van der Waals surface area contributed by atoms with Crippen molar-refractivity contribution in [3.05, 3.63) is 0 Å². The molecule has 0 unspecified atom stereocenters. The highest BCUT2D eigenvalue weighted by Crippen LogP contribution is 2.42. The quantitative estimate of drug-likeness (QED) is 0.680. The topological polar surface area (TPSA) is 40.5 Å². The first-order chi connectivity index (χ1) is 5.33. The molecule has 0 aromatic heterocycles. The van der Waals surface area contributed by atoms with Crippen LogP contribution in [0.3, 0.4) is 0 Å². The van der Waals surface area contributed by atoms with E-state index in [-0.39, 0.29) is 22.7 Å². The molecule has 0 aromatic carbocycles. The summed E-state index contributed by atoms with van der Waals surface area (Å²) in [5.41, 5.74) is 0. The van der Waals surface area contributed by atoms with E-state index in [0.29, 0.717) is 0 Å². The van der Waals surface area contributed by atoms with Crippen LogP contribution in [0.25, 0.3) is 0 Å². The molecular weight excluding hydrogens is 192 g/mol. The molecular formula is C8H18O2S2. The van der Waals surface area contributed by atoms with Crippen LogP contribution in [0.5, 0.6) is 0 Å². The van der Waals surface area contributed by atoms with Crippen molar-refractivity contribution in [2.75, 3.05) is 13.2 Å². The maximum absolute atomic E-state index is 8.97. The molecule has 0 amide bonds. The predicted octanol–water partition coefficient (Wildman–Crippen LogP) is 1.91. The lowest BCUT2D eigenvalue weighted by Crippen LogP contribution is -2.23. The van der Waals surface area contributed by atoms with Gasteiger partial charge in [0.05, 0.1) is 13.2 Å². The molecule has 0 aromatic rings. The molecule has 0 saturated heterocycles. The first kappa shape index (κ1) is 12.6. The van der Waals surface area contributed by atoms with E-state index in [1.165, 1.54) is 0 Å². The van der Waals surface area contributed by atoms with Gasteiger partial charge in [-0.15, -0.1) is 0 Å². The van der Waals surface area contributed by atoms with Crippen molar-refractivity contribution < 1.29 is 10.2 Å². The van der Waals surface area contributed by atoms with Crippen molar-refractivity contribution in [2.24, 2.45) is 0 Å². The SMILES string of the molecule is CC(C)(CO)SSC(C)(C)CO. The summed E-state index contributed by atoms with van der Waals surface area (Å²) >= 11 is 0. The Morgan fingerprint density at radius 3 is 1.25 bits per heavy atom. The minimum absolute atomic E-state index is 0.128. The van der Waals surface area contributed by atoms with Crippen molar-refractivity contribution in [1.29, 1.82) is 0 Å². The summed E-state index contributed by atoms with van der Waals surface area (Å²) in [4.78, 5) is 0. The first-order valence-corrected chi connectivity index (χ1v) is 6.06. The maximum atomic E-state index is 8.97. The Morgan fingerprint density at radius 1 is 0.833 bits per heavy atom. The number of rotatable bonds is 5. The molecule has 0 saturated carbocycles. The third kappa shape index (κ3) is 5.30. The van der Waals surface area contributed by atoms with E-state index >= 15 is 0 Å². The van der Waals surface area contributed by atoms with Crippen molar-refractivity contribution in [1.82, 2.24) is 0 Å². The standard InChI is InChI=1S/C8H18O2S2/c1-7(2,5-9)11-12-8(3,4)6-10/h9-10H,5-6H2,1-4H3. The van der Waals surface area contributed by atoms with E-state index in [0.717, 1.165) is 0 Å². The third-order valence-corrected chi connectivity index (χ3v) is 5.46. The summed E-state index contributed by atoms with van der Waals surface area (Å²) < 4.78 is -0.256. The Balaban J connectivity index is 3.82. The molecule has 0 fully saturated rings. The average Bonchev–Trinajstić information content (AvgIpc) is 2.02. The van der Waals surface area contributed by atoms with Gasteiger partial charge in [-0.2, -0.15) is 0 Å². The summed E-state index contributed by atoms with van der Waals surface area (Å²) in [6.45, 7) is 8.25. The number of aliphatic hydroxyl groups is 2. The molecule has 0 heterocycles. The molecule has 0 aliphatic heterocycles. The van der Waals surface area contributed by atoms with Gasteiger partial charge in [-0.3, -0.25) is 0 Å². The van der Waals surface area contributed by atoms with E-state index in [1.54, 1.807) is 21.6 Å². The van der Waals surface area contributed by atoms with Gasteiger partial charge in [0, 0.05) is 9.49 Å². The van der Waals surface area contributed by atoms with Gasteiger partial charge < -0.3 is 10.2 Å². The second-order valence-corrected chi connectivity index (χ2v) is 7.55. The summed E-state index contributed by atoms with van der Waals surface area (Å²) in [6.07, 6.45) is 0. The van der Waals surface area contributed by atoms with E-state index in [4.69, 9.17) is 10.2 Å². The van der Waals surface area contributed by atoms with Gasteiger partial charge in [0.15, 0.2) is 0 Å². The zero-order valence-corrected chi connectivity index (χ0v) is 9.76. The van der Waals surface area contributed by atoms with Crippen LogP contribution >= 0.6 is 21.6 Å². The van der Waals surface area contributed by atoms with Gasteiger partial charge in [-0.1, -0.05) is 21.6 Å². The molecule has 2 nitrogen and oxygen atoms in total. The minimum Gasteiger partial charge on any atom is -0.395 e. The van der Waals surface area contributed by atoms with Gasteiger partial charge >= 0.3 is 0 Å². The van der Waals surface area contributed by atoms with E-state index < -0.39 is 0 Å². The van der Waals surface area contributed by atoms with Crippen LogP contribution in [-0.2, 0) is 0 Å². The van der Waals surface area contributed by atoms with Crippen LogP contribution in [0.2, 0.25) is 0 Å². The van der Waals surface area contributed by atoms with E-state index in [2.05, 4.69) is 0 Å². The number of aliphatic hydroxyl groups excluding tert-OH is 2. The van der Waals surface area contributed by atoms with Crippen LogP contribution in [0.1, 0.15) is 27.7 Å². The lowest BCUT2D eigenvalue weighted by Gasteiger charge is -2.26. The fourth-order valence-corrected chi connectivity index (χ4v) is 2.50. The second-order valence-electron chi connectivity index (χ2n) is 4.00. The Hall–Kier alpha value is 0.620. The number of hydrogen-bond acceptors (Lipinski definition) is 4. The highest BCUT2D eigenvalue weighted by atomic mass is 33.1. The molecule has 0 rings (SSSR count). The summed E-state index contributed by atoms with van der Waals surface area (Å²) in [5.74, 6) is 0. The Labute approximate surface area is 82.5 Å². The summed E-state index contributed by atoms with van der Waals surface area (Å²) in [6, 6.07) is 0. The molecule has 74 valence electrons. The molecule has 0 aliphatic carbocycles. The molecule has 0 spiro atoms. The molecule has 2 N–H and O–H groups in total. The van der Waals surface area contributed by atoms with Gasteiger partial charge in [0.25, 0.3) is 0 Å². The molecule has 0 atom stereocenters. The molecule has 0 aliphatic rings. The Kier molecular flexibility index (Phi) is 4.99. The zero-order chi connectivity index (χ0) is 9.83. The van der Waals surface area contributed by atoms with Crippen LogP contribution in [0.4, 0.5) is 0 Å². The molecule has 12 heavy (non-hydrogen) atoms. The smallest absolute Gasteiger partial charge is 0.0581 e. The van der Waals surface area contributed by atoms with Crippen LogP contribution < -0.4 is 0 Å². The lowest BCUT2D eigenvalue weighted by molar-refractivity contribution is 0.263. The van der Waals surface area contributed by atoms with Crippen LogP contribution in [0.15, 0.2) is 0 Å². The average molecular weight is 210 g/mol. The van der Waals surface area contributed by atoms with Crippen molar-refractivity contribution in [3.63, 3.8) is 0 Å². The maximum Gasteiger partial charge on any atom is 0.0581 e. The first-order valence-electron chi connectivity index (χ1n) is 3.91. The number of hydrogen-bond donors (Lipinski definition) is 2. The summed E-state index contributed by atoms with van der Waals surface area (Å²) in [5, 5.41) is 17.9. The van der Waals surface area contributed by atoms with Gasteiger partial charge in [0.1, 0.15) is 0 Å². The Bertz CT molecular complexity index is 119. The van der Waals surface area contributed by atoms with Crippen LogP contribution in [0, 0.1) is 0 Å². The zero-order valence-electron chi connectivity index (χ0n) is 8.13. The fraction of sp³-hybridized carbons (Fsp3) is 1.00. The van der Waals surface area contributed by atoms with E-state index in [1.807, 2.05) is 27.7 Å². The molecule has 0 radical (unpaired) electrons. The minimum atomic E-state index is -0.128. The molecule has 4 heteroatoms. The fourth-order valence-electron chi connectivity index (χ4n) is 0.278. The normalized spacial score (nSPS) is 13.5. The van der Waals surface area contributed by atoms with Crippen LogP contribution in [-0.4, -0.2) is 32.9 Å². The van der Waals surface area contributed by atoms with E-state index in [9.17, 15) is 0 Å². The van der Waals surface area contributed by atoms with Crippen molar-refractivity contribution in [2.45, 2.75) is 37.2 Å². The highest BCUT2D eigenvalue weighted by molar-refractivity contribution is 8.77. The largest absolute Gasteiger partial charge is 0.395 e.